The minimum absolute atomic E-state index is 0.133. The van der Waals surface area contributed by atoms with Gasteiger partial charge in [0.1, 0.15) is 0 Å². The Balaban J connectivity index is 1.83. The SMILES string of the molecule is O=C(NCC[C@H](O)c1ccccc1)c1cccc(Br)c1. The highest BCUT2D eigenvalue weighted by Crippen LogP contribution is 2.15. The molecule has 104 valence electrons. The quantitative estimate of drug-likeness (QED) is 0.881. The average molecular weight is 334 g/mol. The summed E-state index contributed by atoms with van der Waals surface area (Å²) in [6, 6.07) is 16.6. The molecule has 2 aromatic carbocycles. The van der Waals surface area contributed by atoms with Crippen molar-refractivity contribution in [3.05, 3.63) is 70.2 Å². The molecule has 0 aliphatic rings. The highest BCUT2D eigenvalue weighted by Gasteiger charge is 2.09. The summed E-state index contributed by atoms with van der Waals surface area (Å²) in [5.41, 5.74) is 1.47. The van der Waals surface area contributed by atoms with E-state index in [2.05, 4.69) is 21.2 Å². The summed E-state index contributed by atoms with van der Waals surface area (Å²) >= 11 is 3.33. The van der Waals surface area contributed by atoms with Gasteiger partial charge in [0, 0.05) is 16.6 Å². The Bertz CT molecular complexity index is 572. The summed E-state index contributed by atoms with van der Waals surface area (Å²) in [5, 5.41) is 12.8. The molecule has 0 saturated heterocycles. The van der Waals surface area contributed by atoms with Crippen molar-refractivity contribution in [1.29, 1.82) is 0 Å². The van der Waals surface area contributed by atoms with Gasteiger partial charge in [0.25, 0.3) is 5.91 Å². The smallest absolute Gasteiger partial charge is 0.251 e. The molecule has 0 aromatic heterocycles. The lowest BCUT2D eigenvalue weighted by Gasteiger charge is -2.11. The molecule has 0 fully saturated rings. The fraction of sp³-hybridized carbons (Fsp3) is 0.188. The fourth-order valence-corrected chi connectivity index (χ4v) is 2.30. The normalized spacial score (nSPS) is 11.9. The van der Waals surface area contributed by atoms with E-state index in [1.54, 1.807) is 12.1 Å². The lowest BCUT2D eigenvalue weighted by atomic mass is 10.1. The number of carbonyl (C=O) groups excluding carboxylic acids is 1. The topological polar surface area (TPSA) is 49.3 Å². The Morgan fingerprint density at radius 3 is 2.60 bits per heavy atom. The van der Waals surface area contributed by atoms with Crippen LogP contribution in [0.3, 0.4) is 0 Å². The zero-order valence-corrected chi connectivity index (χ0v) is 12.5. The predicted octanol–water partition coefficient (Wildman–Crippen LogP) is 3.30. The van der Waals surface area contributed by atoms with Crippen molar-refractivity contribution in [2.75, 3.05) is 6.54 Å². The van der Waals surface area contributed by atoms with Crippen LogP contribution in [0.4, 0.5) is 0 Å². The highest BCUT2D eigenvalue weighted by molar-refractivity contribution is 9.10. The van der Waals surface area contributed by atoms with Crippen LogP contribution in [0.2, 0.25) is 0 Å². The molecule has 1 amide bonds. The van der Waals surface area contributed by atoms with Crippen molar-refractivity contribution in [1.82, 2.24) is 5.32 Å². The maximum absolute atomic E-state index is 11.9. The second-order valence-electron chi connectivity index (χ2n) is 4.48. The van der Waals surface area contributed by atoms with E-state index in [-0.39, 0.29) is 5.91 Å². The Hall–Kier alpha value is -1.65. The van der Waals surface area contributed by atoms with Crippen LogP contribution in [0.1, 0.15) is 28.4 Å². The molecule has 0 unspecified atom stereocenters. The van der Waals surface area contributed by atoms with Gasteiger partial charge in [0.15, 0.2) is 0 Å². The molecule has 1 atom stereocenters. The number of amides is 1. The van der Waals surface area contributed by atoms with Gasteiger partial charge in [-0.1, -0.05) is 52.3 Å². The van der Waals surface area contributed by atoms with Crippen molar-refractivity contribution >= 4 is 21.8 Å². The molecule has 0 aliphatic heterocycles. The molecule has 0 aliphatic carbocycles. The first-order valence-corrected chi connectivity index (χ1v) is 7.23. The number of nitrogens with one attached hydrogen (secondary N) is 1. The van der Waals surface area contributed by atoms with E-state index in [1.807, 2.05) is 42.5 Å². The molecule has 0 saturated carbocycles. The van der Waals surface area contributed by atoms with Gasteiger partial charge in [-0.2, -0.15) is 0 Å². The first kappa shape index (κ1) is 14.8. The Morgan fingerprint density at radius 2 is 1.90 bits per heavy atom. The molecule has 2 aromatic rings. The standard InChI is InChI=1S/C16H16BrNO2/c17-14-8-4-7-13(11-14)16(20)18-10-9-15(19)12-5-2-1-3-6-12/h1-8,11,15,19H,9-10H2,(H,18,20)/t15-/m0/s1. The highest BCUT2D eigenvalue weighted by atomic mass is 79.9. The molecule has 20 heavy (non-hydrogen) atoms. The largest absolute Gasteiger partial charge is 0.388 e. The summed E-state index contributed by atoms with van der Waals surface area (Å²) in [7, 11) is 0. The number of hydrogen-bond acceptors (Lipinski definition) is 2. The van der Waals surface area contributed by atoms with Crippen molar-refractivity contribution < 1.29 is 9.90 Å². The molecule has 3 nitrogen and oxygen atoms in total. The van der Waals surface area contributed by atoms with E-state index in [1.165, 1.54) is 0 Å². The number of aliphatic hydroxyl groups excluding tert-OH is 1. The number of aliphatic hydroxyl groups is 1. The van der Waals surface area contributed by atoms with Crippen LogP contribution >= 0.6 is 15.9 Å². The van der Waals surface area contributed by atoms with Crippen LogP contribution in [-0.4, -0.2) is 17.6 Å². The summed E-state index contributed by atoms with van der Waals surface area (Å²) in [6.45, 7) is 0.432. The van der Waals surface area contributed by atoms with E-state index in [0.717, 1.165) is 10.0 Å². The van der Waals surface area contributed by atoms with Gasteiger partial charge >= 0.3 is 0 Å². The van der Waals surface area contributed by atoms with Gasteiger partial charge in [-0.25, -0.2) is 0 Å². The second-order valence-corrected chi connectivity index (χ2v) is 5.40. The average Bonchev–Trinajstić information content (AvgIpc) is 2.48. The molecule has 0 radical (unpaired) electrons. The van der Waals surface area contributed by atoms with Crippen LogP contribution in [0.5, 0.6) is 0 Å². The van der Waals surface area contributed by atoms with Crippen molar-refractivity contribution in [3.8, 4) is 0 Å². The van der Waals surface area contributed by atoms with E-state index in [9.17, 15) is 9.90 Å². The van der Waals surface area contributed by atoms with Gasteiger partial charge in [0.2, 0.25) is 0 Å². The van der Waals surface area contributed by atoms with E-state index in [4.69, 9.17) is 0 Å². The second kappa shape index (κ2) is 7.22. The minimum Gasteiger partial charge on any atom is -0.388 e. The van der Waals surface area contributed by atoms with Crippen LogP contribution in [-0.2, 0) is 0 Å². The molecule has 0 heterocycles. The van der Waals surface area contributed by atoms with E-state index in [0.29, 0.717) is 18.5 Å². The van der Waals surface area contributed by atoms with E-state index < -0.39 is 6.10 Å². The van der Waals surface area contributed by atoms with Crippen molar-refractivity contribution in [2.24, 2.45) is 0 Å². The molecule has 4 heteroatoms. The van der Waals surface area contributed by atoms with Crippen LogP contribution in [0.15, 0.2) is 59.1 Å². The maximum Gasteiger partial charge on any atom is 0.251 e. The monoisotopic (exact) mass is 333 g/mol. The van der Waals surface area contributed by atoms with Gasteiger partial charge in [-0.15, -0.1) is 0 Å². The third-order valence-corrected chi connectivity index (χ3v) is 3.47. The van der Waals surface area contributed by atoms with Gasteiger partial charge in [-0.05, 0) is 30.2 Å². The molecule has 0 spiro atoms. The number of carbonyl (C=O) groups is 1. The lowest BCUT2D eigenvalue weighted by Crippen LogP contribution is -2.25. The van der Waals surface area contributed by atoms with E-state index >= 15 is 0 Å². The third kappa shape index (κ3) is 4.18. The van der Waals surface area contributed by atoms with Crippen LogP contribution in [0.25, 0.3) is 0 Å². The Morgan fingerprint density at radius 1 is 1.15 bits per heavy atom. The maximum atomic E-state index is 11.9. The third-order valence-electron chi connectivity index (χ3n) is 2.97. The Labute approximate surface area is 126 Å². The number of hydrogen-bond donors (Lipinski definition) is 2. The predicted molar refractivity (Wildman–Crippen MR) is 82.5 cm³/mol. The first-order valence-electron chi connectivity index (χ1n) is 6.43. The minimum atomic E-state index is -0.556. The molecular weight excluding hydrogens is 318 g/mol. The molecule has 2 N–H and O–H groups in total. The Kier molecular flexibility index (Phi) is 5.32. The number of benzene rings is 2. The van der Waals surface area contributed by atoms with Gasteiger partial charge in [-0.3, -0.25) is 4.79 Å². The van der Waals surface area contributed by atoms with Crippen LogP contribution < -0.4 is 5.32 Å². The molecular formula is C16H16BrNO2. The zero-order chi connectivity index (χ0) is 14.4. The summed E-state index contributed by atoms with van der Waals surface area (Å²) in [5.74, 6) is -0.133. The summed E-state index contributed by atoms with van der Waals surface area (Å²) in [4.78, 5) is 11.9. The summed E-state index contributed by atoms with van der Waals surface area (Å²) in [6.07, 6.45) is -0.0666. The van der Waals surface area contributed by atoms with Gasteiger partial charge in [0.05, 0.1) is 6.10 Å². The van der Waals surface area contributed by atoms with Crippen molar-refractivity contribution in [3.63, 3.8) is 0 Å². The molecule has 2 rings (SSSR count). The lowest BCUT2D eigenvalue weighted by molar-refractivity contribution is 0.0942. The zero-order valence-electron chi connectivity index (χ0n) is 10.9. The van der Waals surface area contributed by atoms with Crippen LogP contribution in [0, 0.1) is 0 Å². The first-order chi connectivity index (χ1) is 9.66. The molecule has 0 bridgehead atoms. The number of rotatable bonds is 5. The fourth-order valence-electron chi connectivity index (χ4n) is 1.90. The van der Waals surface area contributed by atoms with Crippen molar-refractivity contribution in [2.45, 2.75) is 12.5 Å². The number of halogens is 1. The summed E-state index contributed by atoms with van der Waals surface area (Å²) < 4.78 is 0.870. The van der Waals surface area contributed by atoms with Gasteiger partial charge < -0.3 is 10.4 Å².